The Kier molecular flexibility index (Phi) is 4.34. The van der Waals surface area contributed by atoms with Crippen molar-refractivity contribution in [3.8, 4) is 11.4 Å². The van der Waals surface area contributed by atoms with Crippen LogP contribution in [0.25, 0.3) is 22.4 Å². The van der Waals surface area contributed by atoms with Crippen LogP contribution >= 0.6 is 11.8 Å². The average molecular weight is 384 g/mol. The predicted molar refractivity (Wildman–Crippen MR) is 110 cm³/mol. The molecule has 6 nitrogen and oxygen atoms in total. The van der Waals surface area contributed by atoms with Crippen molar-refractivity contribution in [1.82, 2.24) is 29.8 Å². The molecule has 0 saturated heterocycles. The molecular formula is C21H16N6S. The van der Waals surface area contributed by atoms with E-state index in [9.17, 15) is 0 Å². The molecule has 0 atom stereocenters. The lowest BCUT2D eigenvalue weighted by Gasteiger charge is -2.09. The summed E-state index contributed by atoms with van der Waals surface area (Å²) in [4.78, 5) is 4.84. The molecule has 0 amide bonds. The minimum Gasteiger partial charge on any atom is -0.287 e. The lowest BCUT2D eigenvalue weighted by atomic mass is 10.3. The van der Waals surface area contributed by atoms with Crippen molar-refractivity contribution in [2.75, 3.05) is 0 Å². The second-order valence-electron chi connectivity index (χ2n) is 6.19. The molecule has 0 bridgehead atoms. The first-order chi connectivity index (χ1) is 13.9. The number of hydrogen-bond donors (Lipinski definition) is 0. The monoisotopic (exact) mass is 384 g/mol. The SMILES string of the molecule is c1ccc(-n2nnnc2CSc2nc3ccccc3n2-c2ccccc2)cc1. The fourth-order valence-electron chi connectivity index (χ4n) is 3.12. The first-order valence-corrected chi connectivity index (χ1v) is 9.87. The van der Waals surface area contributed by atoms with Crippen molar-refractivity contribution in [2.24, 2.45) is 0 Å². The summed E-state index contributed by atoms with van der Waals surface area (Å²) in [5, 5.41) is 13.1. The molecule has 0 radical (unpaired) electrons. The number of aromatic nitrogens is 6. The van der Waals surface area contributed by atoms with Gasteiger partial charge in [0.15, 0.2) is 11.0 Å². The van der Waals surface area contributed by atoms with Crippen LogP contribution in [0.1, 0.15) is 5.82 Å². The van der Waals surface area contributed by atoms with Gasteiger partial charge in [-0.2, -0.15) is 4.68 Å². The highest BCUT2D eigenvalue weighted by molar-refractivity contribution is 7.98. The third kappa shape index (κ3) is 3.05. The molecule has 0 aliphatic rings. The van der Waals surface area contributed by atoms with E-state index in [0.717, 1.165) is 33.4 Å². The van der Waals surface area contributed by atoms with Crippen LogP contribution in [0.15, 0.2) is 90.1 Å². The van der Waals surface area contributed by atoms with Crippen molar-refractivity contribution in [1.29, 1.82) is 0 Å². The highest BCUT2D eigenvalue weighted by Crippen LogP contribution is 2.29. The van der Waals surface area contributed by atoms with Crippen molar-refractivity contribution in [2.45, 2.75) is 10.9 Å². The van der Waals surface area contributed by atoms with Crippen LogP contribution in [-0.4, -0.2) is 29.8 Å². The van der Waals surface area contributed by atoms with Gasteiger partial charge in [0.25, 0.3) is 0 Å². The summed E-state index contributed by atoms with van der Waals surface area (Å²) in [7, 11) is 0. The number of benzene rings is 3. The zero-order valence-electron chi connectivity index (χ0n) is 14.9. The molecule has 5 rings (SSSR count). The molecule has 5 aromatic rings. The number of thioether (sulfide) groups is 1. The quantitative estimate of drug-likeness (QED) is 0.423. The van der Waals surface area contributed by atoms with Crippen LogP contribution in [0.4, 0.5) is 0 Å². The Bertz CT molecular complexity index is 1210. The molecule has 136 valence electrons. The first kappa shape index (κ1) is 16.7. The number of para-hydroxylation sites is 4. The van der Waals surface area contributed by atoms with E-state index in [0.29, 0.717) is 5.75 Å². The molecule has 3 aromatic carbocycles. The minimum absolute atomic E-state index is 0.609. The number of imidazole rings is 1. The summed E-state index contributed by atoms with van der Waals surface area (Å²) in [6.07, 6.45) is 0. The van der Waals surface area contributed by atoms with Gasteiger partial charge in [-0.15, -0.1) is 5.10 Å². The maximum absolute atomic E-state index is 4.84. The topological polar surface area (TPSA) is 61.4 Å². The molecule has 7 heteroatoms. The lowest BCUT2D eigenvalue weighted by Crippen LogP contribution is -2.03. The minimum atomic E-state index is 0.609. The molecule has 0 aliphatic carbocycles. The lowest BCUT2D eigenvalue weighted by molar-refractivity contribution is 0.777. The number of fused-ring (bicyclic) bond motifs is 1. The van der Waals surface area contributed by atoms with Crippen LogP contribution in [0.2, 0.25) is 0 Å². The summed E-state index contributed by atoms with van der Waals surface area (Å²) < 4.78 is 3.94. The number of nitrogens with zero attached hydrogens (tertiary/aromatic N) is 6. The Morgan fingerprint density at radius 2 is 1.43 bits per heavy atom. The number of rotatable bonds is 5. The van der Waals surface area contributed by atoms with Crippen molar-refractivity contribution in [3.63, 3.8) is 0 Å². The van der Waals surface area contributed by atoms with Gasteiger partial charge in [0.05, 0.1) is 22.5 Å². The fraction of sp³-hybridized carbons (Fsp3) is 0.0476. The maximum atomic E-state index is 4.84. The molecule has 0 aliphatic heterocycles. The van der Waals surface area contributed by atoms with Gasteiger partial charge in [-0.1, -0.05) is 60.3 Å². The first-order valence-electron chi connectivity index (χ1n) is 8.88. The third-order valence-electron chi connectivity index (χ3n) is 4.41. The van der Waals surface area contributed by atoms with Gasteiger partial charge in [0.1, 0.15) is 0 Å². The van der Waals surface area contributed by atoms with Gasteiger partial charge in [-0.25, -0.2) is 4.98 Å². The third-order valence-corrected chi connectivity index (χ3v) is 5.34. The van der Waals surface area contributed by atoms with Gasteiger partial charge in [0.2, 0.25) is 0 Å². The summed E-state index contributed by atoms with van der Waals surface area (Å²) in [5.41, 5.74) is 4.08. The molecule has 28 heavy (non-hydrogen) atoms. The predicted octanol–water partition coefficient (Wildman–Crippen LogP) is 4.29. The highest BCUT2D eigenvalue weighted by Gasteiger charge is 2.15. The van der Waals surface area contributed by atoms with E-state index in [1.165, 1.54) is 0 Å². The van der Waals surface area contributed by atoms with Gasteiger partial charge in [-0.05, 0) is 46.8 Å². The van der Waals surface area contributed by atoms with E-state index in [1.54, 1.807) is 16.4 Å². The molecule has 0 spiro atoms. The van der Waals surface area contributed by atoms with Gasteiger partial charge >= 0.3 is 0 Å². The van der Waals surface area contributed by atoms with Crippen LogP contribution in [0.5, 0.6) is 0 Å². The van der Waals surface area contributed by atoms with E-state index < -0.39 is 0 Å². The van der Waals surface area contributed by atoms with E-state index in [-0.39, 0.29) is 0 Å². The normalized spacial score (nSPS) is 11.1. The molecule has 2 heterocycles. The van der Waals surface area contributed by atoms with E-state index in [2.05, 4.69) is 38.3 Å². The molecule has 0 fully saturated rings. The molecular weight excluding hydrogens is 368 g/mol. The second kappa shape index (κ2) is 7.28. The van der Waals surface area contributed by atoms with E-state index in [1.807, 2.05) is 66.7 Å². The number of hydrogen-bond acceptors (Lipinski definition) is 5. The Labute approximate surface area is 165 Å². The van der Waals surface area contributed by atoms with Crippen molar-refractivity contribution < 1.29 is 0 Å². The fourth-order valence-corrected chi connectivity index (χ4v) is 4.06. The zero-order chi connectivity index (χ0) is 18.8. The van der Waals surface area contributed by atoms with Gasteiger partial charge in [0, 0.05) is 5.69 Å². The molecule has 2 aromatic heterocycles. The smallest absolute Gasteiger partial charge is 0.174 e. The van der Waals surface area contributed by atoms with Gasteiger partial charge in [-0.3, -0.25) is 4.57 Å². The van der Waals surface area contributed by atoms with Crippen LogP contribution < -0.4 is 0 Å². The summed E-state index contributed by atoms with van der Waals surface area (Å²) in [5.74, 6) is 1.39. The Morgan fingerprint density at radius 3 is 2.21 bits per heavy atom. The summed E-state index contributed by atoms with van der Waals surface area (Å²) in [6.45, 7) is 0. The van der Waals surface area contributed by atoms with Crippen LogP contribution in [0.3, 0.4) is 0 Å². The van der Waals surface area contributed by atoms with Gasteiger partial charge < -0.3 is 0 Å². The maximum Gasteiger partial charge on any atom is 0.174 e. The van der Waals surface area contributed by atoms with Crippen LogP contribution in [-0.2, 0) is 5.75 Å². The molecule has 0 N–H and O–H groups in total. The second-order valence-corrected chi connectivity index (χ2v) is 7.13. The van der Waals surface area contributed by atoms with E-state index >= 15 is 0 Å². The van der Waals surface area contributed by atoms with Crippen LogP contribution in [0, 0.1) is 0 Å². The largest absolute Gasteiger partial charge is 0.287 e. The van der Waals surface area contributed by atoms with Crippen molar-refractivity contribution in [3.05, 3.63) is 90.8 Å². The summed E-state index contributed by atoms with van der Waals surface area (Å²) >= 11 is 1.62. The Balaban J connectivity index is 1.51. The molecule has 0 unspecified atom stereocenters. The Hall–Kier alpha value is -3.45. The number of tetrazole rings is 1. The van der Waals surface area contributed by atoms with Crippen molar-refractivity contribution >= 4 is 22.8 Å². The average Bonchev–Trinajstić information content (AvgIpc) is 3.37. The summed E-state index contributed by atoms with van der Waals surface area (Å²) in [6, 6.07) is 28.3. The van der Waals surface area contributed by atoms with E-state index in [4.69, 9.17) is 4.98 Å². The standard InChI is InChI=1S/C21H16N6S/c1-3-9-16(10-4-1)26-19-14-8-7-13-18(19)22-21(26)28-15-20-23-24-25-27(20)17-11-5-2-6-12-17/h1-14H,15H2. The highest BCUT2D eigenvalue weighted by atomic mass is 32.2. The zero-order valence-corrected chi connectivity index (χ0v) is 15.7. The Morgan fingerprint density at radius 1 is 0.750 bits per heavy atom. The molecule has 0 saturated carbocycles.